The summed E-state index contributed by atoms with van der Waals surface area (Å²) >= 11 is 0. The zero-order chi connectivity index (χ0) is 68.6. The standard InChI is InChI=1S/C74H144O17P2/c1-7-9-11-13-14-15-16-17-18-19-20-21-22-23-24-25-28-32-35-40-46-52-58-73(78)91-70(63-85-72(77)57-51-45-39-34-31-29-26-27-30-33-37-43-48-54-66(3)4)65-89-93(82,83)87-61-68(75)60-86-92(80,81)88-64-69(62-84-71(76)56-50-42-12-10-8-2)90-74(79)59-53-47-41-36-38-44-49-55-67(5)6/h66-70,75H,7-65H2,1-6H3,(H,80,81)(H,82,83)/t68-,69+,70+/m0/s1. The van der Waals surface area contributed by atoms with Crippen LogP contribution in [0.25, 0.3) is 0 Å². The van der Waals surface area contributed by atoms with Crippen LogP contribution in [0.2, 0.25) is 0 Å². The third-order valence-corrected chi connectivity index (χ3v) is 19.1. The first-order chi connectivity index (χ1) is 44.9. The molecule has 0 aromatic rings. The van der Waals surface area contributed by atoms with Gasteiger partial charge in [-0.2, -0.15) is 0 Å². The van der Waals surface area contributed by atoms with Crippen molar-refractivity contribution in [1.29, 1.82) is 0 Å². The molecular weight excluding hydrogens is 1220 g/mol. The second-order valence-corrected chi connectivity index (χ2v) is 30.5. The van der Waals surface area contributed by atoms with E-state index in [1.807, 2.05) is 0 Å². The van der Waals surface area contributed by atoms with Crippen molar-refractivity contribution in [3.05, 3.63) is 0 Å². The van der Waals surface area contributed by atoms with Crippen molar-refractivity contribution in [3.63, 3.8) is 0 Å². The van der Waals surface area contributed by atoms with E-state index in [2.05, 4.69) is 41.5 Å². The molecular formula is C74H144O17P2. The minimum absolute atomic E-state index is 0.103. The Kier molecular flexibility index (Phi) is 64.6. The molecule has 0 heterocycles. The molecule has 0 aliphatic heterocycles. The molecule has 552 valence electrons. The average molecular weight is 1370 g/mol. The third-order valence-electron chi connectivity index (χ3n) is 17.2. The molecule has 0 aromatic carbocycles. The van der Waals surface area contributed by atoms with Crippen molar-refractivity contribution in [2.45, 2.75) is 400 Å². The van der Waals surface area contributed by atoms with Crippen molar-refractivity contribution < 1.29 is 80.2 Å². The number of carbonyl (C=O) groups is 4. The van der Waals surface area contributed by atoms with Crippen LogP contribution in [-0.2, 0) is 65.4 Å². The first-order valence-electron chi connectivity index (χ1n) is 38.5. The molecule has 0 aliphatic rings. The molecule has 5 atom stereocenters. The van der Waals surface area contributed by atoms with Gasteiger partial charge in [-0.1, -0.05) is 330 Å². The zero-order valence-corrected chi connectivity index (χ0v) is 62.3. The van der Waals surface area contributed by atoms with Crippen LogP contribution in [0.15, 0.2) is 0 Å². The van der Waals surface area contributed by atoms with Crippen LogP contribution in [0.4, 0.5) is 0 Å². The maximum atomic E-state index is 13.1. The lowest BCUT2D eigenvalue weighted by Gasteiger charge is -2.21. The Morgan fingerprint density at radius 2 is 0.495 bits per heavy atom. The highest BCUT2D eigenvalue weighted by Gasteiger charge is 2.30. The number of hydrogen-bond acceptors (Lipinski definition) is 15. The minimum atomic E-state index is -4.95. The van der Waals surface area contributed by atoms with Gasteiger partial charge < -0.3 is 33.8 Å². The Hall–Kier alpha value is -1.94. The number of carbonyl (C=O) groups excluding carboxylic acids is 4. The number of rotatable bonds is 73. The zero-order valence-electron chi connectivity index (χ0n) is 60.6. The summed E-state index contributed by atoms with van der Waals surface area (Å²) in [6.45, 7) is 9.43. The van der Waals surface area contributed by atoms with Gasteiger partial charge in [0.05, 0.1) is 26.4 Å². The summed E-state index contributed by atoms with van der Waals surface area (Å²) in [5.74, 6) is -0.647. The Morgan fingerprint density at radius 3 is 0.731 bits per heavy atom. The third kappa shape index (κ3) is 68.4. The summed E-state index contributed by atoms with van der Waals surface area (Å²) in [6, 6.07) is 0. The summed E-state index contributed by atoms with van der Waals surface area (Å²) < 4.78 is 68.1. The lowest BCUT2D eigenvalue weighted by atomic mass is 10.0. The lowest BCUT2D eigenvalue weighted by Crippen LogP contribution is -2.30. The van der Waals surface area contributed by atoms with Gasteiger partial charge in [-0.15, -0.1) is 0 Å². The van der Waals surface area contributed by atoms with Gasteiger partial charge in [0.2, 0.25) is 0 Å². The second-order valence-electron chi connectivity index (χ2n) is 27.6. The van der Waals surface area contributed by atoms with Crippen molar-refractivity contribution in [1.82, 2.24) is 0 Å². The monoisotopic (exact) mass is 1370 g/mol. The van der Waals surface area contributed by atoms with Gasteiger partial charge in [-0.25, -0.2) is 9.13 Å². The van der Waals surface area contributed by atoms with Crippen molar-refractivity contribution >= 4 is 39.5 Å². The first kappa shape index (κ1) is 91.1. The largest absolute Gasteiger partial charge is 0.472 e. The van der Waals surface area contributed by atoms with Gasteiger partial charge in [0, 0.05) is 25.7 Å². The van der Waals surface area contributed by atoms with Gasteiger partial charge in [-0.05, 0) is 37.5 Å². The van der Waals surface area contributed by atoms with Crippen LogP contribution in [0, 0.1) is 11.8 Å². The molecule has 17 nitrogen and oxygen atoms in total. The van der Waals surface area contributed by atoms with Crippen molar-refractivity contribution in [3.8, 4) is 0 Å². The van der Waals surface area contributed by atoms with E-state index in [0.29, 0.717) is 31.6 Å². The number of hydrogen-bond donors (Lipinski definition) is 3. The van der Waals surface area contributed by atoms with E-state index < -0.39 is 97.5 Å². The number of phosphoric ester groups is 2. The molecule has 0 bridgehead atoms. The second kappa shape index (κ2) is 66.0. The Morgan fingerprint density at radius 1 is 0.290 bits per heavy atom. The molecule has 0 amide bonds. The summed E-state index contributed by atoms with van der Waals surface area (Å²) in [7, 11) is -9.89. The molecule has 0 saturated heterocycles. The Balaban J connectivity index is 5.10. The lowest BCUT2D eigenvalue weighted by molar-refractivity contribution is -0.161. The average Bonchev–Trinajstić information content (AvgIpc) is 2.04. The van der Waals surface area contributed by atoms with Crippen LogP contribution < -0.4 is 0 Å². The number of aliphatic hydroxyl groups is 1. The topological polar surface area (TPSA) is 237 Å². The van der Waals surface area contributed by atoms with Crippen molar-refractivity contribution in [2.24, 2.45) is 11.8 Å². The molecule has 0 aromatic heterocycles. The van der Waals surface area contributed by atoms with E-state index in [1.54, 1.807) is 0 Å². The van der Waals surface area contributed by atoms with Gasteiger partial charge in [0.25, 0.3) is 0 Å². The molecule has 19 heteroatoms. The molecule has 0 fully saturated rings. The normalized spacial score (nSPS) is 14.1. The van der Waals surface area contributed by atoms with E-state index in [4.69, 9.17) is 37.0 Å². The summed E-state index contributed by atoms with van der Waals surface area (Å²) in [6.07, 6.45) is 53.5. The van der Waals surface area contributed by atoms with Crippen LogP contribution in [0.3, 0.4) is 0 Å². The van der Waals surface area contributed by atoms with Crippen molar-refractivity contribution in [2.75, 3.05) is 39.6 Å². The molecule has 3 N–H and O–H groups in total. The molecule has 0 radical (unpaired) electrons. The first-order valence-corrected chi connectivity index (χ1v) is 41.5. The molecule has 0 spiro atoms. The highest BCUT2D eigenvalue weighted by Crippen LogP contribution is 2.45. The molecule has 93 heavy (non-hydrogen) atoms. The van der Waals surface area contributed by atoms with Gasteiger partial charge in [0.15, 0.2) is 12.2 Å². The number of unbranched alkanes of at least 4 members (excludes halogenated alkanes) is 43. The molecule has 0 aliphatic carbocycles. The SMILES string of the molecule is CCCCCCCCCCCCCCCCCCCCCCCCC(=O)O[C@H](COC(=O)CCCCCCCCCCCCCCCC(C)C)COP(=O)(O)OC[C@@H](O)COP(=O)(O)OC[C@@H](COC(=O)CCCCCCC)OC(=O)CCCCCCCCCC(C)C. The molecule has 0 rings (SSSR count). The fraction of sp³-hybridized carbons (Fsp3) is 0.946. The fourth-order valence-corrected chi connectivity index (χ4v) is 12.9. The number of esters is 4. The molecule has 2 unspecified atom stereocenters. The van der Waals surface area contributed by atoms with Crippen LogP contribution in [0.5, 0.6) is 0 Å². The Labute approximate surface area is 568 Å². The fourth-order valence-electron chi connectivity index (χ4n) is 11.3. The van der Waals surface area contributed by atoms with Gasteiger partial charge in [0.1, 0.15) is 19.3 Å². The summed E-state index contributed by atoms with van der Waals surface area (Å²) in [5.41, 5.74) is 0. The van der Waals surface area contributed by atoms with E-state index in [0.717, 1.165) is 102 Å². The number of aliphatic hydroxyl groups excluding tert-OH is 1. The maximum Gasteiger partial charge on any atom is 0.472 e. The predicted octanol–water partition coefficient (Wildman–Crippen LogP) is 21.6. The number of phosphoric acid groups is 2. The van der Waals surface area contributed by atoms with Crippen LogP contribution in [-0.4, -0.2) is 96.7 Å². The van der Waals surface area contributed by atoms with E-state index in [9.17, 15) is 43.2 Å². The predicted molar refractivity (Wildman–Crippen MR) is 377 cm³/mol. The quantitative estimate of drug-likeness (QED) is 0.0222. The highest BCUT2D eigenvalue weighted by molar-refractivity contribution is 7.47. The van der Waals surface area contributed by atoms with E-state index in [-0.39, 0.29) is 25.7 Å². The summed E-state index contributed by atoms with van der Waals surface area (Å²) in [5, 5.41) is 10.6. The van der Waals surface area contributed by atoms with Crippen LogP contribution in [0.1, 0.15) is 382 Å². The Bertz CT molecular complexity index is 1800. The smallest absolute Gasteiger partial charge is 0.462 e. The summed E-state index contributed by atoms with van der Waals surface area (Å²) in [4.78, 5) is 72.4. The van der Waals surface area contributed by atoms with Crippen LogP contribution >= 0.6 is 15.6 Å². The highest BCUT2D eigenvalue weighted by atomic mass is 31.2. The molecule has 0 saturated carbocycles. The number of ether oxygens (including phenoxy) is 4. The van der Waals surface area contributed by atoms with E-state index >= 15 is 0 Å². The van der Waals surface area contributed by atoms with Gasteiger partial charge in [-0.3, -0.25) is 37.3 Å². The van der Waals surface area contributed by atoms with Gasteiger partial charge >= 0.3 is 39.5 Å². The minimum Gasteiger partial charge on any atom is -0.462 e. The van der Waals surface area contributed by atoms with E-state index in [1.165, 1.54) is 193 Å². The maximum absolute atomic E-state index is 13.1.